The van der Waals surface area contributed by atoms with Crippen LogP contribution in [-0.2, 0) is 19.1 Å². The molecule has 0 saturated heterocycles. The fraction of sp³-hybridized carbons (Fsp3) is 0.462. The third-order valence-corrected chi connectivity index (χ3v) is 5.77. The molecule has 0 atom stereocenters. The topological polar surface area (TPSA) is 77.5 Å². The van der Waals surface area contributed by atoms with Crippen molar-refractivity contribution in [2.24, 2.45) is 0 Å². The highest BCUT2D eigenvalue weighted by molar-refractivity contribution is 6.19. The largest absolute Gasteiger partial charge is 0.425 e. The Morgan fingerprint density at radius 3 is 1.16 bits per heavy atom. The van der Waals surface area contributed by atoms with Gasteiger partial charge in [0.15, 0.2) is 0 Å². The lowest BCUT2D eigenvalue weighted by molar-refractivity contribution is -0.143. The maximum atomic E-state index is 12.0. The van der Waals surface area contributed by atoms with Gasteiger partial charge in [0.1, 0.15) is 24.7 Å². The van der Waals surface area contributed by atoms with Gasteiger partial charge in [-0.25, -0.2) is 9.59 Å². The Morgan fingerprint density at radius 1 is 0.553 bits per heavy atom. The zero-order chi connectivity index (χ0) is 27.6. The monoisotopic (exact) mass is 608 g/mol. The summed E-state index contributed by atoms with van der Waals surface area (Å²) in [5.41, 5.74) is 1.87. The predicted octanol–water partition coefficient (Wildman–Crippen LogP) is 4.80. The van der Waals surface area contributed by atoms with Gasteiger partial charge in [-0.1, -0.05) is 0 Å². The summed E-state index contributed by atoms with van der Waals surface area (Å²) < 4.78 is 21.0. The molecule has 0 radical (unpaired) electrons. The molecule has 0 fully saturated rings. The molecule has 0 heterocycles. The van der Waals surface area contributed by atoms with Gasteiger partial charge in [0.05, 0.1) is 13.2 Å². The van der Waals surface area contributed by atoms with Crippen LogP contribution in [0.1, 0.15) is 0 Å². The van der Waals surface area contributed by atoms with Crippen molar-refractivity contribution in [2.45, 2.75) is 0 Å². The molecule has 0 unspecified atom stereocenters. The first-order chi connectivity index (χ1) is 18.5. The van der Waals surface area contributed by atoms with Crippen molar-refractivity contribution in [3.05, 3.63) is 48.5 Å². The molecule has 210 valence electrons. The minimum absolute atomic E-state index is 0.110. The van der Waals surface area contributed by atoms with E-state index >= 15 is 0 Å². The lowest BCUT2D eigenvalue weighted by Gasteiger charge is -2.22. The molecule has 0 aromatic heterocycles. The average molecular weight is 610 g/mol. The lowest BCUT2D eigenvalue weighted by atomic mass is 10.2. The van der Waals surface area contributed by atoms with Gasteiger partial charge in [-0.05, 0) is 48.5 Å². The zero-order valence-corrected chi connectivity index (χ0v) is 24.0. The van der Waals surface area contributed by atoms with Crippen LogP contribution >= 0.6 is 46.4 Å². The van der Waals surface area contributed by atoms with Crippen molar-refractivity contribution in [3.8, 4) is 11.5 Å². The van der Waals surface area contributed by atoms with Crippen molar-refractivity contribution < 1.29 is 28.5 Å². The van der Waals surface area contributed by atoms with Crippen LogP contribution in [0.3, 0.4) is 0 Å². The summed E-state index contributed by atoms with van der Waals surface area (Å²) in [6.07, 6.45) is 0. The third kappa shape index (κ3) is 12.3. The summed E-state index contributed by atoms with van der Waals surface area (Å²) in [6.45, 7) is 2.37. The predicted molar refractivity (Wildman–Crippen MR) is 153 cm³/mol. The van der Waals surface area contributed by atoms with Gasteiger partial charge >= 0.3 is 11.9 Å². The van der Waals surface area contributed by atoms with Gasteiger partial charge in [-0.15, -0.1) is 46.4 Å². The Hall–Kier alpha value is -1.94. The van der Waals surface area contributed by atoms with Crippen molar-refractivity contribution in [1.82, 2.24) is 0 Å². The number of rotatable bonds is 19. The quantitative estimate of drug-likeness (QED) is 0.0973. The number of benzene rings is 2. The maximum Gasteiger partial charge on any atom is 0.337 e. The van der Waals surface area contributed by atoms with E-state index in [-0.39, 0.29) is 26.4 Å². The summed E-state index contributed by atoms with van der Waals surface area (Å²) in [5.74, 6) is 1.63. The summed E-state index contributed by atoms with van der Waals surface area (Å²) >= 11 is 23.3. The minimum atomic E-state index is -0.547. The van der Waals surface area contributed by atoms with Crippen molar-refractivity contribution in [2.75, 3.05) is 85.9 Å². The number of halogens is 4. The normalized spacial score (nSPS) is 10.7. The molecule has 2 aromatic carbocycles. The Kier molecular flexibility index (Phi) is 16.3. The van der Waals surface area contributed by atoms with E-state index in [0.717, 1.165) is 11.4 Å². The van der Waals surface area contributed by atoms with Gasteiger partial charge in [0.2, 0.25) is 0 Å². The summed E-state index contributed by atoms with van der Waals surface area (Å²) in [6, 6.07) is 14.1. The van der Waals surface area contributed by atoms with Crippen LogP contribution in [0.5, 0.6) is 11.5 Å². The van der Waals surface area contributed by atoms with Gasteiger partial charge in [-0.2, -0.15) is 0 Å². The van der Waals surface area contributed by atoms with Crippen LogP contribution < -0.4 is 19.3 Å². The van der Waals surface area contributed by atoms with E-state index in [1.165, 1.54) is 0 Å². The Balaban J connectivity index is 1.62. The first-order valence-electron chi connectivity index (χ1n) is 12.0. The number of esters is 2. The summed E-state index contributed by atoms with van der Waals surface area (Å²) in [7, 11) is 0. The average Bonchev–Trinajstić information content (AvgIpc) is 2.91. The molecule has 0 spiro atoms. The molecule has 0 N–H and O–H groups in total. The van der Waals surface area contributed by atoms with Gasteiger partial charge in [0.25, 0.3) is 0 Å². The fourth-order valence-electron chi connectivity index (χ4n) is 3.35. The maximum absolute atomic E-state index is 12.0. The molecule has 0 aliphatic heterocycles. The van der Waals surface area contributed by atoms with E-state index in [1.807, 2.05) is 34.1 Å². The van der Waals surface area contributed by atoms with E-state index < -0.39 is 11.9 Å². The second-order valence-electron chi connectivity index (χ2n) is 7.77. The number of carbonyl (C=O) groups excluding carboxylic acids is 2. The SMILES string of the molecule is O=C(COCCOCC(=O)Oc1ccc(N(CCCl)CCCl)cc1)Oc1ccc(N(CCCl)CCCl)cc1. The van der Waals surface area contributed by atoms with E-state index in [2.05, 4.69) is 0 Å². The highest BCUT2D eigenvalue weighted by atomic mass is 35.5. The number of hydrogen-bond acceptors (Lipinski definition) is 8. The molecule has 0 aliphatic rings. The van der Waals surface area contributed by atoms with Crippen LogP contribution in [0.15, 0.2) is 48.5 Å². The summed E-state index contributed by atoms with van der Waals surface area (Å²) in [5, 5.41) is 0. The van der Waals surface area contributed by atoms with E-state index in [4.69, 9.17) is 65.4 Å². The lowest BCUT2D eigenvalue weighted by Crippen LogP contribution is -2.27. The molecule has 38 heavy (non-hydrogen) atoms. The minimum Gasteiger partial charge on any atom is -0.425 e. The number of nitrogens with zero attached hydrogens (tertiary/aromatic N) is 2. The fourth-order valence-corrected chi connectivity index (χ4v) is 4.16. The summed E-state index contributed by atoms with van der Waals surface area (Å²) in [4.78, 5) is 28.1. The van der Waals surface area contributed by atoms with Crippen LogP contribution in [0, 0.1) is 0 Å². The molecule has 0 bridgehead atoms. The van der Waals surface area contributed by atoms with Crippen LogP contribution in [-0.4, -0.2) is 88.1 Å². The second-order valence-corrected chi connectivity index (χ2v) is 9.28. The standard InChI is InChI=1S/C26H32Cl4N2O6/c27-9-13-31(14-10-28)21-1-5-23(6-2-21)37-25(33)19-35-17-18-36-20-26(34)38-24-7-3-22(4-8-24)32(15-11-29)16-12-30/h1-8H,9-20H2. The number of carbonyl (C=O) groups is 2. The van der Waals surface area contributed by atoms with E-state index in [9.17, 15) is 9.59 Å². The smallest absolute Gasteiger partial charge is 0.337 e. The van der Waals surface area contributed by atoms with Crippen LogP contribution in [0.2, 0.25) is 0 Å². The molecule has 8 nitrogen and oxygen atoms in total. The van der Waals surface area contributed by atoms with Crippen molar-refractivity contribution in [3.63, 3.8) is 0 Å². The van der Waals surface area contributed by atoms with Gasteiger partial charge in [-0.3, -0.25) is 0 Å². The molecular weight excluding hydrogens is 578 g/mol. The second kappa shape index (κ2) is 19.2. The Labute approximate surface area is 243 Å². The number of ether oxygens (including phenoxy) is 4. The van der Waals surface area contributed by atoms with Gasteiger partial charge < -0.3 is 28.7 Å². The molecule has 2 aromatic rings. The Morgan fingerprint density at radius 2 is 0.868 bits per heavy atom. The van der Waals surface area contributed by atoms with Crippen molar-refractivity contribution >= 4 is 69.7 Å². The molecule has 0 amide bonds. The highest BCUT2D eigenvalue weighted by Crippen LogP contribution is 2.21. The van der Waals surface area contributed by atoms with Gasteiger partial charge in [0, 0.05) is 61.1 Å². The molecule has 0 aliphatic carbocycles. The van der Waals surface area contributed by atoms with E-state index in [1.54, 1.807) is 24.3 Å². The van der Waals surface area contributed by atoms with Crippen LogP contribution in [0.25, 0.3) is 0 Å². The third-order valence-electron chi connectivity index (χ3n) is 5.10. The highest BCUT2D eigenvalue weighted by Gasteiger charge is 2.10. The first kappa shape index (κ1) is 32.3. The van der Waals surface area contributed by atoms with Crippen molar-refractivity contribution in [1.29, 1.82) is 0 Å². The van der Waals surface area contributed by atoms with E-state index in [0.29, 0.717) is 61.2 Å². The Bertz CT molecular complexity index is 860. The molecule has 0 saturated carbocycles. The zero-order valence-electron chi connectivity index (χ0n) is 21.0. The number of anilines is 2. The number of alkyl halides is 4. The molecule has 12 heteroatoms. The number of hydrogen-bond donors (Lipinski definition) is 0. The molecule has 2 rings (SSSR count). The first-order valence-corrected chi connectivity index (χ1v) is 14.1. The molecular formula is C26H32Cl4N2O6. The van der Waals surface area contributed by atoms with Crippen LogP contribution in [0.4, 0.5) is 11.4 Å².